The molecule has 1 aromatic heterocycles. The number of anilines is 2. The van der Waals surface area contributed by atoms with Gasteiger partial charge in [-0.05, 0) is 44.2 Å². The van der Waals surface area contributed by atoms with Gasteiger partial charge in [-0.25, -0.2) is 23.9 Å². The van der Waals surface area contributed by atoms with E-state index in [1.807, 2.05) is 0 Å². The van der Waals surface area contributed by atoms with Crippen LogP contribution in [-0.2, 0) is 11.0 Å². The fourth-order valence-corrected chi connectivity index (χ4v) is 3.13. The van der Waals surface area contributed by atoms with Gasteiger partial charge in [-0.15, -0.1) is 0 Å². The van der Waals surface area contributed by atoms with Gasteiger partial charge in [0.05, 0.1) is 11.1 Å². The predicted octanol–water partition coefficient (Wildman–Crippen LogP) is 3.56. The Hall–Kier alpha value is -4.01. The van der Waals surface area contributed by atoms with Crippen molar-refractivity contribution < 1.29 is 37.1 Å². The lowest BCUT2D eigenvalue weighted by atomic mass is 10.0. The fraction of sp³-hybridized carbons (Fsp3) is 0.211. The van der Waals surface area contributed by atoms with Crippen LogP contribution in [0.4, 0.5) is 33.9 Å². The van der Waals surface area contributed by atoms with Crippen molar-refractivity contribution in [1.29, 1.82) is 5.26 Å². The van der Waals surface area contributed by atoms with Crippen molar-refractivity contribution in [2.45, 2.75) is 25.6 Å². The van der Waals surface area contributed by atoms with Gasteiger partial charge in [-0.3, -0.25) is 9.69 Å². The van der Waals surface area contributed by atoms with Gasteiger partial charge in [0, 0.05) is 5.69 Å². The van der Waals surface area contributed by atoms with Crippen LogP contribution < -0.4 is 9.80 Å². The van der Waals surface area contributed by atoms with Gasteiger partial charge in [0.1, 0.15) is 23.2 Å². The molecule has 1 saturated heterocycles. The molecule has 160 valence electrons. The molecule has 2 heterocycles. The fourth-order valence-electron chi connectivity index (χ4n) is 3.13. The first-order valence-electron chi connectivity index (χ1n) is 8.50. The summed E-state index contributed by atoms with van der Waals surface area (Å²) in [5.74, 6) is -4.34. The average molecular weight is 436 g/mol. The normalized spacial score (nSPS) is 15.9. The maximum Gasteiger partial charge on any atom is 0.434 e. The van der Waals surface area contributed by atoms with E-state index in [1.165, 1.54) is 19.9 Å². The summed E-state index contributed by atoms with van der Waals surface area (Å²) in [6.45, 7) is 2.56. The molecule has 0 radical (unpaired) electrons. The molecule has 0 bridgehead atoms. The molecule has 0 unspecified atom stereocenters. The molecule has 1 N–H and O–H groups in total. The molecule has 2 aromatic rings. The van der Waals surface area contributed by atoms with Gasteiger partial charge in [-0.1, -0.05) is 0 Å². The number of carbonyl (C=O) groups excluding carboxylic acids is 2. The molecule has 3 rings (SSSR count). The van der Waals surface area contributed by atoms with Crippen LogP contribution >= 0.6 is 0 Å². The lowest BCUT2D eigenvalue weighted by Crippen LogP contribution is -2.44. The number of halogens is 4. The van der Waals surface area contributed by atoms with Crippen molar-refractivity contribution in [3.63, 3.8) is 0 Å². The molecular formula is C19H12F4N4O4. The first kappa shape index (κ1) is 21.7. The number of pyridine rings is 1. The van der Waals surface area contributed by atoms with E-state index in [2.05, 4.69) is 4.98 Å². The Kier molecular flexibility index (Phi) is 4.93. The van der Waals surface area contributed by atoms with Gasteiger partial charge in [0.15, 0.2) is 5.69 Å². The number of benzene rings is 1. The Morgan fingerprint density at radius 1 is 1.19 bits per heavy atom. The highest BCUT2D eigenvalue weighted by Gasteiger charge is 2.53. The van der Waals surface area contributed by atoms with Crippen LogP contribution in [0.25, 0.3) is 0 Å². The summed E-state index contributed by atoms with van der Waals surface area (Å²) in [4.78, 5) is 41.4. The third kappa shape index (κ3) is 3.43. The number of aromatic nitrogens is 1. The van der Waals surface area contributed by atoms with Gasteiger partial charge in [0.25, 0.3) is 5.91 Å². The smallest absolute Gasteiger partial charge is 0.434 e. The van der Waals surface area contributed by atoms with Gasteiger partial charge in [0.2, 0.25) is 0 Å². The summed E-state index contributed by atoms with van der Waals surface area (Å²) in [6.07, 6.45) is -5.02. The van der Waals surface area contributed by atoms with Crippen LogP contribution in [0, 0.1) is 17.1 Å². The lowest BCUT2D eigenvalue weighted by molar-refractivity contribution is -0.141. The van der Waals surface area contributed by atoms with Crippen molar-refractivity contribution in [1.82, 2.24) is 4.98 Å². The van der Waals surface area contributed by atoms with E-state index in [0.29, 0.717) is 4.90 Å². The average Bonchev–Trinajstić information content (AvgIpc) is 2.84. The minimum atomic E-state index is -5.02. The highest BCUT2D eigenvalue weighted by Crippen LogP contribution is 2.38. The largest absolute Gasteiger partial charge is 0.478 e. The highest BCUT2D eigenvalue weighted by molar-refractivity contribution is 6.29. The standard InChI is InChI=1S/C19H12F4N4O4/c1-18(2)16(30)26(13-6-3-9(8-24)14(25-13)19(21,22)23)17(31)27(18)10-4-5-11(15(28)29)12(20)7-10/h3-7H,1-2H3,(H,28,29). The number of hydrogen-bond donors (Lipinski definition) is 1. The quantitative estimate of drug-likeness (QED) is 0.581. The first-order valence-corrected chi connectivity index (χ1v) is 8.50. The van der Waals surface area contributed by atoms with Crippen molar-refractivity contribution in [3.05, 3.63) is 53.0 Å². The van der Waals surface area contributed by atoms with Crippen molar-refractivity contribution in [3.8, 4) is 6.07 Å². The number of nitriles is 1. The molecule has 1 fully saturated rings. The van der Waals surface area contributed by atoms with Crippen LogP contribution in [0.15, 0.2) is 30.3 Å². The molecule has 8 nitrogen and oxygen atoms in total. The monoisotopic (exact) mass is 436 g/mol. The summed E-state index contributed by atoms with van der Waals surface area (Å²) in [5.41, 5.74) is -4.88. The zero-order chi connectivity index (χ0) is 23.3. The predicted molar refractivity (Wildman–Crippen MR) is 96.8 cm³/mol. The van der Waals surface area contributed by atoms with Crippen molar-refractivity contribution in [2.24, 2.45) is 0 Å². The van der Waals surface area contributed by atoms with E-state index in [-0.39, 0.29) is 5.69 Å². The van der Waals surface area contributed by atoms with E-state index in [4.69, 9.17) is 10.4 Å². The number of amides is 3. The third-order valence-corrected chi connectivity index (χ3v) is 4.61. The summed E-state index contributed by atoms with van der Waals surface area (Å²) in [5, 5.41) is 17.8. The number of carboxylic acid groups (broad SMARTS) is 1. The zero-order valence-corrected chi connectivity index (χ0v) is 15.9. The Labute approximate surface area is 171 Å². The van der Waals surface area contributed by atoms with Crippen molar-refractivity contribution in [2.75, 3.05) is 9.80 Å². The van der Waals surface area contributed by atoms with Gasteiger partial charge in [-0.2, -0.15) is 18.4 Å². The number of carbonyl (C=O) groups is 3. The maximum absolute atomic E-state index is 14.1. The molecule has 1 aliphatic rings. The van der Waals surface area contributed by atoms with E-state index in [0.717, 1.165) is 35.2 Å². The number of hydrogen-bond acceptors (Lipinski definition) is 5. The van der Waals surface area contributed by atoms with Gasteiger partial charge >= 0.3 is 18.2 Å². The first-order chi connectivity index (χ1) is 14.3. The molecule has 1 aliphatic heterocycles. The number of carboxylic acids is 1. The summed E-state index contributed by atoms with van der Waals surface area (Å²) >= 11 is 0. The van der Waals surface area contributed by atoms with E-state index < -0.39 is 58.1 Å². The van der Waals surface area contributed by atoms with E-state index >= 15 is 0 Å². The highest BCUT2D eigenvalue weighted by atomic mass is 19.4. The number of urea groups is 1. The van der Waals surface area contributed by atoms with E-state index in [9.17, 15) is 31.9 Å². The Morgan fingerprint density at radius 3 is 2.35 bits per heavy atom. The minimum absolute atomic E-state index is 0.182. The van der Waals surface area contributed by atoms with Gasteiger partial charge < -0.3 is 5.11 Å². The SMILES string of the molecule is CC1(C)C(=O)N(c2ccc(C#N)c(C(F)(F)F)n2)C(=O)N1c1ccc(C(=O)O)c(F)c1. The number of alkyl halides is 3. The lowest BCUT2D eigenvalue weighted by Gasteiger charge is -2.27. The number of aromatic carboxylic acids is 1. The van der Waals surface area contributed by atoms with Crippen LogP contribution in [-0.4, -0.2) is 33.5 Å². The molecule has 3 amide bonds. The second kappa shape index (κ2) is 7.05. The number of rotatable bonds is 3. The molecule has 0 atom stereocenters. The Bertz CT molecular complexity index is 1170. The molecular weight excluding hydrogens is 424 g/mol. The third-order valence-electron chi connectivity index (χ3n) is 4.61. The second-order valence-corrected chi connectivity index (χ2v) is 6.96. The second-order valence-electron chi connectivity index (χ2n) is 6.96. The zero-order valence-electron chi connectivity index (χ0n) is 15.9. The van der Waals surface area contributed by atoms with Crippen LogP contribution in [0.1, 0.15) is 35.5 Å². The van der Waals surface area contributed by atoms with Crippen molar-refractivity contribution >= 4 is 29.4 Å². The number of nitrogens with zero attached hydrogens (tertiary/aromatic N) is 4. The van der Waals surface area contributed by atoms with Crippen LogP contribution in [0.3, 0.4) is 0 Å². The summed E-state index contributed by atoms with van der Waals surface area (Å²) < 4.78 is 53.8. The Balaban J connectivity index is 2.12. The molecule has 0 spiro atoms. The summed E-state index contributed by atoms with van der Waals surface area (Å²) in [7, 11) is 0. The minimum Gasteiger partial charge on any atom is -0.478 e. The molecule has 0 aliphatic carbocycles. The molecule has 0 saturated carbocycles. The molecule has 1 aromatic carbocycles. The maximum atomic E-state index is 14.1. The van der Waals surface area contributed by atoms with Crippen LogP contribution in [0.5, 0.6) is 0 Å². The van der Waals surface area contributed by atoms with Crippen LogP contribution in [0.2, 0.25) is 0 Å². The Morgan fingerprint density at radius 2 is 1.84 bits per heavy atom. The number of imide groups is 1. The molecule has 31 heavy (non-hydrogen) atoms. The van der Waals surface area contributed by atoms with E-state index in [1.54, 1.807) is 0 Å². The topological polar surface area (TPSA) is 115 Å². The molecule has 12 heteroatoms. The summed E-state index contributed by atoms with van der Waals surface area (Å²) in [6, 6.07) is 4.63.